The molecule has 0 spiro atoms. The summed E-state index contributed by atoms with van der Waals surface area (Å²) in [6, 6.07) is 15.1. The molecular weight excluding hydrogens is 334 g/mol. The maximum Gasteiger partial charge on any atom is 0.348 e. The van der Waals surface area contributed by atoms with Crippen molar-refractivity contribution in [2.75, 3.05) is 24.5 Å². The Balaban J connectivity index is 2.10. The second kappa shape index (κ2) is 7.44. The fourth-order valence-electron chi connectivity index (χ4n) is 3.69. The number of alkyl halides is 2. The lowest BCUT2D eigenvalue weighted by molar-refractivity contribution is -0.160. The molecule has 2 aromatic carbocycles. The maximum absolute atomic E-state index is 15.5. The van der Waals surface area contributed by atoms with E-state index in [1.165, 1.54) is 4.90 Å². The number of benzene rings is 2. The number of hydrogen-bond acceptors (Lipinski definition) is 2. The van der Waals surface area contributed by atoms with E-state index < -0.39 is 17.9 Å². The molecular formula is C21H24F2N2O. The average molecular weight is 358 g/mol. The number of carbonyl (C=O) groups excluding carboxylic acids is 1. The molecule has 0 aliphatic carbocycles. The molecule has 1 unspecified atom stereocenters. The fourth-order valence-corrected chi connectivity index (χ4v) is 3.69. The quantitative estimate of drug-likeness (QED) is 0.796. The van der Waals surface area contributed by atoms with E-state index in [-0.39, 0.29) is 13.1 Å². The normalized spacial score (nSPS) is 16.9. The third kappa shape index (κ3) is 3.18. The second-order valence-corrected chi connectivity index (χ2v) is 6.48. The zero-order valence-corrected chi connectivity index (χ0v) is 15.2. The lowest BCUT2D eigenvalue weighted by atomic mass is 9.87. The van der Waals surface area contributed by atoms with Crippen LogP contribution in [0.2, 0.25) is 0 Å². The molecule has 1 amide bonds. The van der Waals surface area contributed by atoms with E-state index >= 15 is 8.78 Å². The predicted octanol–water partition coefficient (Wildman–Crippen LogP) is 4.29. The van der Waals surface area contributed by atoms with Gasteiger partial charge in [-0.15, -0.1) is 0 Å². The van der Waals surface area contributed by atoms with Gasteiger partial charge in [0, 0.05) is 25.3 Å². The molecule has 3 nitrogen and oxygen atoms in total. The lowest BCUT2D eigenvalue weighted by Gasteiger charge is -2.43. The van der Waals surface area contributed by atoms with Gasteiger partial charge in [-0.3, -0.25) is 4.79 Å². The molecule has 0 saturated carbocycles. The monoisotopic (exact) mass is 358 g/mol. The van der Waals surface area contributed by atoms with Crippen LogP contribution in [0.3, 0.4) is 0 Å². The molecule has 1 heterocycles. The number of amides is 1. The first kappa shape index (κ1) is 18.4. The van der Waals surface area contributed by atoms with Gasteiger partial charge in [0.2, 0.25) is 0 Å². The molecule has 2 aromatic rings. The standard InChI is InChI=1S/C21H24F2N2O/c1-3-24(4-2)20(26)21(22,23)19-18-13-9-8-10-16(18)14-15-25(19)17-11-6-5-7-12-17/h5-13,19H,3-4,14-15H2,1-2H3. The molecule has 3 rings (SSSR count). The second-order valence-electron chi connectivity index (χ2n) is 6.48. The van der Waals surface area contributed by atoms with Crippen LogP contribution in [-0.4, -0.2) is 36.4 Å². The number of rotatable bonds is 5. The van der Waals surface area contributed by atoms with Crippen LogP contribution in [0.5, 0.6) is 0 Å². The van der Waals surface area contributed by atoms with Crippen LogP contribution in [0, 0.1) is 0 Å². The van der Waals surface area contributed by atoms with Crippen LogP contribution >= 0.6 is 0 Å². The number of carbonyl (C=O) groups is 1. The van der Waals surface area contributed by atoms with Crippen LogP contribution in [0.4, 0.5) is 14.5 Å². The molecule has 0 radical (unpaired) electrons. The number of para-hydroxylation sites is 1. The number of fused-ring (bicyclic) bond motifs is 1. The summed E-state index contributed by atoms with van der Waals surface area (Å²) in [5, 5.41) is 0. The highest BCUT2D eigenvalue weighted by atomic mass is 19.3. The van der Waals surface area contributed by atoms with Gasteiger partial charge in [0.15, 0.2) is 0 Å². The largest absolute Gasteiger partial charge is 0.358 e. The molecule has 1 aliphatic heterocycles. The summed E-state index contributed by atoms with van der Waals surface area (Å²) in [4.78, 5) is 15.5. The predicted molar refractivity (Wildman–Crippen MR) is 99.6 cm³/mol. The fraction of sp³-hybridized carbons (Fsp3) is 0.381. The lowest BCUT2D eigenvalue weighted by Crippen LogP contribution is -2.53. The number of halogens is 2. The Hall–Kier alpha value is -2.43. The summed E-state index contributed by atoms with van der Waals surface area (Å²) in [5.74, 6) is -4.62. The molecule has 0 bridgehead atoms. The van der Waals surface area contributed by atoms with Crippen molar-refractivity contribution in [1.82, 2.24) is 4.90 Å². The third-order valence-corrected chi connectivity index (χ3v) is 5.05. The number of anilines is 1. The minimum absolute atomic E-state index is 0.268. The molecule has 0 N–H and O–H groups in total. The minimum Gasteiger partial charge on any atom is -0.358 e. The Morgan fingerprint density at radius 3 is 2.35 bits per heavy atom. The van der Waals surface area contributed by atoms with Crippen molar-refractivity contribution in [3.05, 3.63) is 65.7 Å². The van der Waals surface area contributed by atoms with Crippen LogP contribution in [0.25, 0.3) is 0 Å². The first-order valence-electron chi connectivity index (χ1n) is 9.07. The number of nitrogens with zero attached hydrogens (tertiary/aromatic N) is 2. The van der Waals surface area contributed by atoms with Gasteiger partial charge in [-0.2, -0.15) is 8.78 Å². The highest BCUT2D eigenvalue weighted by molar-refractivity contribution is 5.85. The first-order valence-corrected chi connectivity index (χ1v) is 9.07. The van der Waals surface area contributed by atoms with Crippen molar-refractivity contribution in [3.63, 3.8) is 0 Å². The third-order valence-electron chi connectivity index (χ3n) is 5.05. The summed E-state index contributed by atoms with van der Waals surface area (Å²) in [5.41, 5.74) is 2.13. The van der Waals surface area contributed by atoms with Crippen molar-refractivity contribution < 1.29 is 13.6 Å². The summed E-state index contributed by atoms with van der Waals surface area (Å²) in [7, 11) is 0. The Kier molecular flexibility index (Phi) is 5.25. The van der Waals surface area contributed by atoms with E-state index in [4.69, 9.17) is 0 Å². The number of hydrogen-bond donors (Lipinski definition) is 0. The SMILES string of the molecule is CCN(CC)C(=O)C(F)(F)C1c2ccccc2CCN1c1ccccc1. The van der Waals surface area contributed by atoms with Crippen LogP contribution in [0.15, 0.2) is 54.6 Å². The van der Waals surface area contributed by atoms with Gasteiger partial charge in [-0.1, -0.05) is 42.5 Å². The molecule has 0 fully saturated rings. The molecule has 1 aliphatic rings. The van der Waals surface area contributed by atoms with Gasteiger partial charge >= 0.3 is 5.92 Å². The van der Waals surface area contributed by atoms with Crippen LogP contribution < -0.4 is 4.90 Å². The smallest absolute Gasteiger partial charge is 0.348 e. The van der Waals surface area contributed by atoms with Crippen LogP contribution in [-0.2, 0) is 11.2 Å². The van der Waals surface area contributed by atoms with Gasteiger partial charge in [-0.25, -0.2) is 0 Å². The van der Waals surface area contributed by atoms with Crippen LogP contribution in [0.1, 0.15) is 31.0 Å². The Morgan fingerprint density at radius 1 is 1.08 bits per heavy atom. The molecule has 1 atom stereocenters. The Morgan fingerprint density at radius 2 is 1.69 bits per heavy atom. The van der Waals surface area contributed by atoms with Crippen molar-refractivity contribution >= 4 is 11.6 Å². The average Bonchev–Trinajstić information content (AvgIpc) is 2.68. The highest BCUT2D eigenvalue weighted by Gasteiger charge is 2.53. The topological polar surface area (TPSA) is 23.6 Å². The van der Waals surface area contributed by atoms with Crippen molar-refractivity contribution in [2.45, 2.75) is 32.2 Å². The Bertz CT molecular complexity index is 760. The van der Waals surface area contributed by atoms with E-state index in [0.29, 0.717) is 24.2 Å². The van der Waals surface area contributed by atoms with E-state index in [2.05, 4.69) is 0 Å². The summed E-state index contributed by atoms with van der Waals surface area (Å²) in [6.07, 6.45) is 0.678. The summed E-state index contributed by atoms with van der Waals surface area (Å²) in [6.45, 7) is 4.44. The highest BCUT2D eigenvalue weighted by Crippen LogP contribution is 2.44. The van der Waals surface area contributed by atoms with Gasteiger partial charge in [0.1, 0.15) is 6.04 Å². The molecule has 0 saturated heterocycles. The Labute approximate surface area is 153 Å². The van der Waals surface area contributed by atoms with Crippen molar-refractivity contribution in [1.29, 1.82) is 0 Å². The first-order chi connectivity index (χ1) is 12.5. The van der Waals surface area contributed by atoms with Crippen molar-refractivity contribution in [2.24, 2.45) is 0 Å². The zero-order valence-electron chi connectivity index (χ0n) is 15.2. The zero-order chi connectivity index (χ0) is 18.7. The van der Waals surface area contributed by atoms with E-state index in [1.807, 2.05) is 42.5 Å². The van der Waals surface area contributed by atoms with Gasteiger partial charge in [0.25, 0.3) is 5.91 Å². The summed E-state index contributed by atoms with van der Waals surface area (Å²) < 4.78 is 31.0. The van der Waals surface area contributed by atoms with E-state index in [0.717, 1.165) is 5.56 Å². The van der Waals surface area contributed by atoms with Gasteiger partial charge in [0.05, 0.1) is 0 Å². The van der Waals surface area contributed by atoms with E-state index in [1.54, 1.807) is 30.9 Å². The van der Waals surface area contributed by atoms with Gasteiger partial charge in [-0.05, 0) is 43.5 Å². The molecule has 138 valence electrons. The molecule has 0 aromatic heterocycles. The maximum atomic E-state index is 15.5. The summed E-state index contributed by atoms with van der Waals surface area (Å²) >= 11 is 0. The van der Waals surface area contributed by atoms with E-state index in [9.17, 15) is 4.79 Å². The molecule has 26 heavy (non-hydrogen) atoms. The van der Waals surface area contributed by atoms with Crippen molar-refractivity contribution in [3.8, 4) is 0 Å². The molecule has 5 heteroatoms. The minimum atomic E-state index is -3.52. The van der Waals surface area contributed by atoms with Gasteiger partial charge < -0.3 is 9.80 Å².